The monoisotopic (exact) mass is 652 g/mol. The summed E-state index contributed by atoms with van der Waals surface area (Å²) in [7, 11) is 0. The van der Waals surface area contributed by atoms with Crippen LogP contribution < -0.4 is 0 Å². The van der Waals surface area contributed by atoms with E-state index >= 15 is 0 Å². The molecule has 0 fully saturated rings. The van der Waals surface area contributed by atoms with E-state index in [1.807, 2.05) is 60.7 Å². The minimum Gasteiger partial charge on any atom is -0.456 e. The fourth-order valence-corrected chi connectivity index (χ4v) is 8.75. The van der Waals surface area contributed by atoms with Crippen molar-refractivity contribution in [2.24, 2.45) is 0 Å². The molecule has 9 aromatic rings. The second-order valence-corrected chi connectivity index (χ2v) is 13.2. The number of benzene rings is 3. The van der Waals surface area contributed by atoms with Gasteiger partial charge in [0, 0.05) is 55.5 Å². The highest BCUT2D eigenvalue weighted by molar-refractivity contribution is 7.25. The number of hydrogen-bond donors (Lipinski definition) is 0. The van der Waals surface area contributed by atoms with Crippen LogP contribution in [0.15, 0.2) is 118 Å². The molecule has 6 nitrogen and oxygen atoms in total. The zero-order valence-electron chi connectivity index (χ0n) is 25.0. The van der Waals surface area contributed by atoms with Crippen molar-refractivity contribution in [1.82, 2.24) is 9.97 Å². The number of aromatic nitrogens is 2. The SMILES string of the molecule is N#CC(=Cc1ccc(-c2sc3cccc4c5c(-c6ccc(C=C(C#N)c7ccccn7)o6)sc6cccc(c2c34)c65)o1)c1ccccn1. The van der Waals surface area contributed by atoms with Crippen molar-refractivity contribution in [2.75, 3.05) is 0 Å². The molecule has 0 unspecified atom stereocenters. The quantitative estimate of drug-likeness (QED) is 0.131. The molecular weight excluding hydrogens is 633 g/mol. The van der Waals surface area contributed by atoms with Crippen molar-refractivity contribution < 1.29 is 8.83 Å². The maximum absolute atomic E-state index is 9.82. The third-order valence-corrected chi connectivity index (χ3v) is 10.7. The van der Waals surface area contributed by atoms with Gasteiger partial charge in [-0.1, -0.05) is 36.4 Å². The van der Waals surface area contributed by atoms with E-state index in [1.165, 1.54) is 10.8 Å². The van der Waals surface area contributed by atoms with Gasteiger partial charge in [-0.2, -0.15) is 10.5 Å². The lowest BCUT2D eigenvalue weighted by molar-refractivity contribution is 0.573. The highest BCUT2D eigenvalue weighted by Crippen LogP contribution is 2.53. The molecule has 0 atom stereocenters. The number of allylic oxidation sites excluding steroid dienone is 2. The number of thiophene rings is 2. The highest BCUT2D eigenvalue weighted by atomic mass is 32.1. The number of pyridine rings is 2. The summed E-state index contributed by atoms with van der Waals surface area (Å²) in [5.41, 5.74) is 2.08. The summed E-state index contributed by atoms with van der Waals surface area (Å²) in [6.45, 7) is 0. The van der Waals surface area contributed by atoms with Gasteiger partial charge in [0.2, 0.25) is 0 Å². The number of nitriles is 2. The molecule has 0 spiro atoms. The van der Waals surface area contributed by atoms with Crippen molar-refractivity contribution in [3.05, 3.63) is 132 Å². The smallest absolute Gasteiger partial charge is 0.145 e. The van der Waals surface area contributed by atoms with E-state index in [4.69, 9.17) is 8.83 Å². The van der Waals surface area contributed by atoms with E-state index in [1.54, 1.807) is 47.2 Å². The highest BCUT2D eigenvalue weighted by Gasteiger charge is 2.25. The van der Waals surface area contributed by atoms with Crippen LogP contribution in [0, 0.1) is 22.7 Å². The van der Waals surface area contributed by atoms with Gasteiger partial charge in [0.25, 0.3) is 0 Å². The molecular formula is C40H20N4O2S2. The molecule has 0 saturated heterocycles. The number of hydrogen-bond acceptors (Lipinski definition) is 8. The number of rotatable bonds is 6. The molecule has 6 aromatic heterocycles. The Kier molecular flexibility index (Phi) is 6.51. The van der Waals surface area contributed by atoms with Crippen molar-refractivity contribution >= 4 is 87.7 Å². The van der Waals surface area contributed by atoms with Crippen molar-refractivity contribution in [2.45, 2.75) is 0 Å². The van der Waals surface area contributed by atoms with Crippen LogP contribution in [0.3, 0.4) is 0 Å². The van der Waals surface area contributed by atoms with Gasteiger partial charge in [-0.25, -0.2) is 0 Å². The number of fused-ring (bicyclic) bond motifs is 2. The molecule has 8 heteroatoms. The molecule has 0 N–H and O–H groups in total. The molecule has 0 radical (unpaired) electrons. The van der Waals surface area contributed by atoms with E-state index < -0.39 is 0 Å². The Morgan fingerprint density at radius 1 is 0.542 bits per heavy atom. The number of nitrogens with zero attached hydrogens (tertiary/aromatic N) is 4. The molecule has 0 aliphatic heterocycles. The standard InChI is InChI=1S/C40H20N4O2S2/c41-21-23(29-9-1-3-17-43-29)19-25-13-15-31(45-25)39-37-27-7-5-12-34-36(27)38(28-8-6-11-33(47-39)35(28)37)40(48-34)32-16-14-26(46-32)20-24(22-42)30-10-2-4-18-44-30/h1-20H. The van der Waals surface area contributed by atoms with E-state index in [0.29, 0.717) is 34.1 Å². The predicted molar refractivity (Wildman–Crippen MR) is 194 cm³/mol. The van der Waals surface area contributed by atoms with Crippen LogP contribution >= 0.6 is 22.7 Å². The van der Waals surface area contributed by atoms with Crippen LogP contribution in [0.25, 0.3) is 86.3 Å². The minimum absolute atomic E-state index is 0.439. The van der Waals surface area contributed by atoms with Gasteiger partial charge < -0.3 is 8.83 Å². The Bertz CT molecular complexity index is 2610. The molecule has 0 saturated carbocycles. The first-order valence-corrected chi connectivity index (χ1v) is 16.7. The average molecular weight is 653 g/mol. The Balaban J connectivity index is 1.21. The third-order valence-electron chi connectivity index (χ3n) is 8.37. The van der Waals surface area contributed by atoms with Crippen LogP contribution in [0.5, 0.6) is 0 Å². The second kappa shape index (κ2) is 11.2. The van der Waals surface area contributed by atoms with Crippen molar-refractivity contribution in [3.63, 3.8) is 0 Å². The molecule has 0 amide bonds. The Labute approximate surface area is 281 Å². The first-order valence-electron chi connectivity index (χ1n) is 15.1. The molecule has 48 heavy (non-hydrogen) atoms. The minimum atomic E-state index is 0.439. The summed E-state index contributed by atoms with van der Waals surface area (Å²) < 4.78 is 15.1. The largest absolute Gasteiger partial charge is 0.456 e. The van der Waals surface area contributed by atoms with Crippen molar-refractivity contribution in [1.29, 1.82) is 10.5 Å². The maximum Gasteiger partial charge on any atom is 0.145 e. The second-order valence-electron chi connectivity index (χ2n) is 11.1. The fraction of sp³-hybridized carbons (Fsp3) is 0. The maximum atomic E-state index is 9.82. The van der Waals surface area contributed by atoms with Gasteiger partial charge in [0.1, 0.15) is 35.2 Å². The average Bonchev–Trinajstić information content (AvgIpc) is 3.95. The zero-order chi connectivity index (χ0) is 32.2. The van der Waals surface area contributed by atoms with Crippen LogP contribution in [-0.2, 0) is 0 Å². The van der Waals surface area contributed by atoms with E-state index in [0.717, 1.165) is 52.2 Å². The fourth-order valence-electron chi connectivity index (χ4n) is 6.34. The molecule has 3 aromatic carbocycles. The van der Waals surface area contributed by atoms with Crippen molar-refractivity contribution in [3.8, 4) is 33.4 Å². The topological polar surface area (TPSA) is 99.6 Å². The van der Waals surface area contributed by atoms with Gasteiger partial charge in [0.15, 0.2) is 0 Å². The van der Waals surface area contributed by atoms with Gasteiger partial charge in [-0.3, -0.25) is 9.97 Å². The van der Waals surface area contributed by atoms with Gasteiger partial charge in [0.05, 0.1) is 32.3 Å². The lowest BCUT2D eigenvalue weighted by atomic mass is 9.94. The van der Waals surface area contributed by atoms with E-state index in [-0.39, 0.29) is 0 Å². The summed E-state index contributed by atoms with van der Waals surface area (Å²) in [4.78, 5) is 10.7. The Hall–Kier alpha value is -6.32. The predicted octanol–water partition coefficient (Wildman–Crippen LogP) is 11.3. The summed E-state index contributed by atoms with van der Waals surface area (Å²) in [5.74, 6) is 2.69. The molecule has 224 valence electrons. The third kappa shape index (κ3) is 4.44. The summed E-state index contributed by atoms with van der Waals surface area (Å²) in [6.07, 6.45) is 6.83. The molecule has 0 aliphatic rings. The molecule has 9 rings (SSSR count). The summed E-state index contributed by atoms with van der Waals surface area (Å²) in [5, 5.41) is 26.6. The Morgan fingerprint density at radius 2 is 1.02 bits per heavy atom. The van der Waals surface area contributed by atoms with Gasteiger partial charge in [-0.05, 0) is 71.4 Å². The first-order chi connectivity index (χ1) is 23.7. The Morgan fingerprint density at radius 3 is 1.44 bits per heavy atom. The molecule has 6 heterocycles. The van der Waals surface area contributed by atoms with Crippen LogP contribution in [0.4, 0.5) is 0 Å². The summed E-state index contributed by atoms with van der Waals surface area (Å²) in [6, 6.07) is 36.2. The first kappa shape index (κ1) is 27.9. The number of furan rings is 2. The normalized spacial score (nSPS) is 12.4. The van der Waals surface area contributed by atoms with Gasteiger partial charge >= 0.3 is 0 Å². The van der Waals surface area contributed by atoms with Gasteiger partial charge in [-0.15, -0.1) is 22.7 Å². The zero-order valence-corrected chi connectivity index (χ0v) is 26.6. The lowest BCUT2D eigenvalue weighted by Gasteiger charge is -2.08. The van der Waals surface area contributed by atoms with E-state index in [9.17, 15) is 10.5 Å². The van der Waals surface area contributed by atoms with Crippen LogP contribution in [-0.4, -0.2) is 9.97 Å². The van der Waals surface area contributed by atoms with Crippen LogP contribution in [0.2, 0.25) is 0 Å². The molecule has 0 bridgehead atoms. The lowest BCUT2D eigenvalue weighted by Crippen LogP contribution is -1.85. The summed E-state index contributed by atoms with van der Waals surface area (Å²) >= 11 is 3.41. The van der Waals surface area contributed by atoms with E-state index in [2.05, 4.69) is 58.5 Å². The van der Waals surface area contributed by atoms with Crippen LogP contribution in [0.1, 0.15) is 22.9 Å². The molecule has 0 aliphatic carbocycles.